The average Bonchev–Trinajstić information content (AvgIpc) is 2.96. The zero-order chi connectivity index (χ0) is 13.0. The van der Waals surface area contributed by atoms with Crippen LogP contribution in [0.2, 0.25) is 0 Å². The molecular weight excluding hydrogens is 232 g/mol. The topological polar surface area (TPSA) is 72.2 Å². The van der Waals surface area contributed by atoms with Crippen molar-refractivity contribution in [3.05, 3.63) is 5.89 Å². The van der Waals surface area contributed by atoms with E-state index in [1.54, 1.807) is 0 Å². The second kappa shape index (κ2) is 5.67. The molecule has 2 unspecified atom stereocenters. The quantitative estimate of drug-likeness (QED) is 0.805. The average molecular weight is 254 g/mol. The fourth-order valence-corrected chi connectivity index (χ4v) is 1.93. The number of nitrogens with one attached hydrogen (secondary N) is 2. The zero-order valence-electron chi connectivity index (χ0n) is 11.3. The molecule has 0 aromatic carbocycles. The van der Waals surface area contributed by atoms with Gasteiger partial charge in [0.25, 0.3) is 0 Å². The van der Waals surface area contributed by atoms with Crippen LogP contribution in [0.1, 0.15) is 45.5 Å². The minimum absolute atomic E-state index is 0.0839. The molecule has 2 heterocycles. The van der Waals surface area contributed by atoms with Crippen molar-refractivity contribution in [2.24, 2.45) is 0 Å². The van der Waals surface area contributed by atoms with Crippen molar-refractivity contribution in [2.75, 3.05) is 25.1 Å². The summed E-state index contributed by atoms with van der Waals surface area (Å²) in [6, 6.07) is 0.559. The van der Waals surface area contributed by atoms with Gasteiger partial charge in [0.1, 0.15) is 0 Å². The molecule has 1 aromatic rings. The normalized spacial score (nSPS) is 25.3. The van der Waals surface area contributed by atoms with E-state index in [1.165, 1.54) is 0 Å². The van der Waals surface area contributed by atoms with Crippen LogP contribution in [-0.2, 0) is 4.74 Å². The number of hydrogen-bond donors (Lipinski definition) is 2. The van der Waals surface area contributed by atoms with Crippen LogP contribution in [0.5, 0.6) is 0 Å². The molecular formula is C12H22N4O2. The van der Waals surface area contributed by atoms with E-state index in [9.17, 15) is 0 Å². The Hall–Kier alpha value is -1.14. The van der Waals surface area contributed by atoms with Crippen molar-refractivity contribution in [1.29, 1.82) is 0 Å². The van der Waals surface area contributed by atoms with Gasteiger partial charge in [-0.15, -0.1) is 5.10 Å². The molecule has 2 atom stereocenters. The summed E-state index contributed by atoms with van der Waals surface area (Å²) in [7, 11) is 0. The number of hydrogen-bond acceptors (Lipinski definition) is 6. The van der Waals surface area contributed by atoms with Crippen LogP contribution in [0, 0.1) is 0 Å². The first-order valence-corrected chi connectivity index (χ1v) is 6.56. The van der Waals surface area contributed by atoms with Crippen LogP contribution in [-0.4, -0.2) is 35.5 Å². The maximum absolute atomic E-state index is 5.62. The van der Waals surface area contributed by atoms with Gasteiger partial charge in [0, 0.05) is 6.61 Å². The van der Waals surface area contributed by atoms with E-state index in [0.29, 0.717) is 18.5 Å². The largest absolute Gasteiger partial charge is 0.406 e. The number of aromatic nitrogens is 2. The van der Waals surface area contributed by atoms with Gasteiger partial charge >= 0.3 is 6.01 Å². The molecule has 2 N–H and O–H groups in total. The third kappa shape index (κ3) is 3.20. The lowest BCUT2D eigenvalue weighted by molar-refractivity contribution is 0.184. The number of anilines is 1. The highest BCUT2D eigenvalue weighted by molar-refractivity contribution is 5.24. The van der Waals surface area contributed by atoms with Crippen molar-refractivity contribution in [2.45, 2.75) is 45.2 Å². The lowest BCUT2D eigenvalue weighted by Gasteiger charge is -2.21. The van der Waals surface area contributed by atoms with Crippen LogP contribution in [0.15, 0.2) is 4.42 Å². The molecule has 0 aliphatic carbocycles. The highest BCUT2D eigenvalue weighted by Crippen LogP contribution is 2.23. The van der Waals surface area contributed by atoms with Crippen molar-refractivity contribution >= 4 is 6.01 Å². The van der Waals surface area contributed by atoms with E-state index in [0.717, 1.165) is 26.0 Å². The fourth-order valence-electron chi connectivity index (χ4n) is 1.93. The fraction of sp³-hybridized carbons (Fsp3) is 0.833. The monoisotopic (exact) mass is 254 g/mol. The van der Waals surface area contributed by atoms with E-state index in [1.807, 2.05) is 6.92 Å². The molecule has 1 fully saturated rings. The number of rotatable bonds is 6. The Bertz CT molecular complexity index is 374. The smallest absolute Gasteiger partial charge is 0.316 e. The summed E-state index contributed by atoms with van der Waals surface area (Å²) in [6.45, 7) is 8.64. The molecule has 1 aromatic heterocycles. The van der Waals surface area contributed by atoms with Gasteiger partial charge in [-0.3, -0.25) is 0 Å². The van der Waals surface area contributed by atoms with Gasteiger partial charge in [0.05, 0.1) is 18.2 Å². The molecule has 0 saturated carbocycles. The molecule has 0 amide bonds. The van der Waals surface area contributed by atoms with E-state index in [-0.39, 0.29) is 11.6 Å². The maximum Gasteiger partial charge on any atom is 0.316 e. The predicted molar refractivity (Wildman–Crippen MR) is 68.5 cm³/mol. The highest BCUT2D eigenvalue weighted by atomic mass is 16.5. The van der Waals surface area contributed by atoms with Crippen LogP contribution in [0.4, 0.5) is 6.01 Å². The first kappa shape index (κ1) is 13.3. The van der Waals surface area contributed by atoms with Gasteiger partial charge in [-0.1, -0.05) is 12.0 Å². The Morgan fingerprint density at radius 3 is 2.94 bits per heavy atom. The second-order valence-corrected chi connectivity index (χ2v) is 5.11. The molecule has 6 heteroatoms. The molecule has 0 radical (unpaired) electrons. The van der Waals surface area contributed by atoms with Crippen LogP contribution >= 0.6 is 0 Å². The molecule has 102 valence electrons. The minimum atomic E-state index is -0.0934. The molecule has 0 bridgehead atoms. The summed E-state index contributed by atoms with van der Waals surface area (Å²) in [6.07, 6.45) is 2.04. The van der Waals surface area contributed by atoms with Gasteiger partial charge in [-0.05, 0) is 33.2 Å². The Kier molecular flexibility index (Phi) is 4.19. The van der Waals surface area contributed by atoms with Crippen LogP contribution in [0.25, 0.3) is 0 Å². The summed E-state index contributed by atoms with van der Waals surface area (Å²) in [5, 5.41) is 14.7. The summed E-state index contributed by atoms with van der Waals surface area (Å²) >= 11 is 0. The van der Waals surface area contributed by atoms with Gasteiger partial charge in [0.15, 0.2) is 0 Å². The Balaban J connectivity index is 1.93. The van der Waals surface area contributed by atoms with Gasteiger partial charge in [-0.2, -0.15) is 0 Å². The van der Waals surface area contributed by atoms with Gasteiger partial charge in [-0.25, -0.2) is 0 Å². The standard InChI is InChI=1S/C12H22N4O2/c1-4-6-13-9(2)10-15-16-11(18-10)14-12(3)5-7-17-8-12/h9,13H,4-8H2,1-3H3,(H,14,16). The SMILES string of the molecule is CCCNC(C)c1nnc(NC2(C)CCOC2)o1. The Labute approximate surface area is 107 Å². The van der Waals surface area contributed by atoms with Crippen molar-refractivity contribution in [3.8, 4) is 0 Å². The van der Waals surface area contributed by atoms with Gasteiger partial charge < -0.3 is 19.8 Å². The Morgan fingerprint density at radius 2 is 2.28 bits per heavy atom. The molecule has 0 spiro atoms. The molecule has 1 aliphatic rings. The maximum atomic E-state index is 5.62. The van der Waals surface area contributed by atoms with E-state index < -0.39 is 0 Å². The van der Waals surface area contributed by atoms with Gasteiger partial charge in [0.2, 0.25) is 5.89 Å². The van der Waals surface area contributed by atoms with Crippen molar-refractivity contribution in [1.82, 2.24) is 15.5 Å². The van der Waals surface area contributed by atoms with Crippen molar-refractivity contribution in [3.63, 3.8) is 0 Å². The second-order valence-electron chi connectivity index (χ2n) is 5.11. The first-order chi connectivity index (χ1) is 8.63. The summed E-state index contributed by atoms with van der Waals surface area (Å²) < 4.78 is 11.0. The highest BCUT2D eigenvalue weighted by Gasteiger charge is 2.31. The lowest BCUT2D eigenvalue weighted by Crippen LogP contribution is -2.35. The van der Waals surface area contributed by atoms with Crippen molar-refractivity contribution < 1.29 is 9.15 Å². The lowest BCUT2D eigenvalue weighted by atomic mass is 10.0. The summed E-state index contributed by atoms with van der Waals surface area (Å²) in [5.41, 5.74) is -0.0934. The molecule has 1 aliphatic heterocycles. The summed E-state index contributed by atoms with van der Waals surface area (Å²) in [5.74, 6) is 0.619. The Morgan fingerprint density at radius 1 is 1.44 bits per heavy atom. The number of nitrogens with zero attached hydrogens (tertiary/aromatic N) is 2. The van der Waals surface area contributed by atoms with E-state index >= 15 is 0 Å². The summed E-state index contributed by atoms with van der Waals surface area (Å²) in [4.78, 5) is 0. The zero-order valence-corrected chi connectivity index (χ0v) is 11.3. The van der Waals surface area contributed by atoms with E-state index in [2.05, 4.69) is 34.7 Å². The van der Waals surface area contributed by atoms with Crippen LogP contribution < -0.4 is 10.6 Å². The molecule has 18 heavy (non-hydrogen) atoms. The third-order valence-corrected chi connectivity index (χ3v) is 3.14. The first-order valence-electron chi connectivity index (χ1n) is 6.56. The van der Waals surface area contributed by atoms with Crippen LogP contribution in [0.3, 0.4) is 0 Å². The molecule has 2 rings (SSSR count). The minimum Gasteiger partial charge on any atom is -0.406 e. The molecule has 6 nitrogen and oxygen atoms in total. The molecule has 1 saturated heterocycles. The number of ether oxygens (including phenoxy) is 1. The predicted octanol–water partition coefficient (Wildman–Crippen LogP) is 1.72. The third-order valence-electron chi connectivity index (χ3n) is 3.14. The van der Waals surface area contributed by atoms with E-state index in [4.69, 9.17) is 9.15 Å².